The van der Waals surface area contributed by atoms with Gasteiger partial charge in [0.15, 0.2) is 0 Å². The summed E-state index contributed by atoms with van der Waals surface area (Å²) >= 11 is 0. The number of anilines is 3. The van der Waals surface area contributed by atoms with Crippen molar-refractivity contribution in [3.63, 3.8) is 0 Å². The number of nitrogens with one attached hydrogen (secondary N) is 2. The molecular formula is C12H22N6O. The molecule has 0 spiro atoms. The summed E-state index contributed by atoms with van der Waals surface area (Å²) in [5.41, 5.74) is 0. The average molecular weight is 266 g/mol. The van der Waals surface area contributed by atoms with Crippen molar-refractivity contribution in [1.29, 1.82) is 0 Å². The Hall–Kier alpha value is -1.63. The molecule has 1 aromatic heterocycles. The molecule has 0 amide bonds. The summed E-state index contributed by atoms with van der Waals surface area (Å²) in [7, 11) is 5.58. The minimum Gasteiger partial charge on any atom is -0.393 e. The highest BCUT2D eigenvalue weighted by Gasteiger charge is 2.20. The number of aliphatic hydroxyl groups excluding tert-OH is 1. The third kappa shape index (κ3) is 3.66. The number of rotatable bonds is 4. The first-order valence-electron chi connectivity index (χ1n) is 6.64. The fourth-order valence-corrected chi connectivity index (χ4v) is 2.14. The van der Waals surface area contributed by atoms with E-state index in [1.54, 1.807) is 7.05 Å². The molecule has 0 aliphatic heterocycles. The van der Waals surface area contributed by atoms with E-state index in [0.717, 1.165) is 25.7 Å². The molecule has 0 aromatic carbocycles. The fourth-order valence-electron chi connectivity index (χ4n) is 2.14. The van der Waals surface area contributed by atoms with Crippen LogP contribution in [0.5, 0.6) is 0 Å². The highest BCUT2D eigenvalue weighted by molar-refractivity contribution is 5.43. The van der Waals surface area contributed by atoms with Gasteiger partial charge in [-0.05, 0) is 25.7 Å². The minimum atomic E-state index is -0.151. The average Bonchev–Trinajstić information content (AvgIpc) is 2.41. The van der Waals surface area contributed by atoms with Crippen molar-refractivity contribution in [3.05, 3.63) is 0 Å². The van der Waals surface area contributed by atoms with Gasteiger partial charge in [0.2, 0.25) is 17.8 Å². The highest BCUT2D eigenvalue weighted by atomic mass is 16.3. The van der Waals surface area contributed by atoms with Crippen LogP contribution in [0.4, 0.5) is 17.8 Å². The van der Waals surface area contributed by atoms with E-state index in [1.807, 2.05) is 19.0 Å². The van der Waals surface area contributed by atoms with E-state index < -0.39 is 0 Å². The summed E-state index contributed by atoms with van der Waals surface area (Å²) in [6, 6.07) is 0.325. The van der Waals surface area contributed by atoms with Crippen LogP contribution >= 0.6 is 0 Å². The van der Waals surface area contributed by atoms with E-state index in [0.29, 0.717) is 23.9 Å². The van der Waals surface area contributed by atoms with E-state index in [2.05, 4.69) is 25.6 Å². The summed E-state index contributed by atoms with van der Waals surface area (Å²) in [5, 5.41) is 15.8. The fraction of sp³-hybridized carbons (Fsp3) is 0.750. The molecule has 1 aliphatic rings. The molecule has 1 heterocycles. The molecule has 7 nitrogen and oxygen atoms in total. The Morgan fingerprint density at radius 3 is 2.26 bits per heavy atom. The maximum Gasteiger partial charge on any atom is 0.231 e. The molecular weight excluding hydrogens is 244 g/mol. The topological polar surface area (TPSA) is 86.2 Å². The largest absolute Gasteiger partial charge is 0.393 e. The molecule has 1 aromatic rings. The monoisotopic (exact) mass is 266 g/mol. The number of hydrogen-bond donors (Lipinski definition) is 3. The van der Waals surface area contributed by atoms with Gasteiger partial charge in [0.05, 0.1) is 6.10 Å². The van der Waals surface area contributed by atoms with E-state index >= 15 is 0 Å². The molecule has 0 unspecified atom stereocenters. The zero-order valence-electron chi connectivity index (χ0n) is 11.7. The molecule has 1 fully saturated rings. The quantitative estimate of drug-likeness (QED) is 0.739. The Labute approximate surface area is 113 Å². The van der Waals surface area contributed by atoms with Gasteiger partial charge in [-0.25, -0.2) is 0 Å². The summed E-state index contributed by atoms with van der Waals surface area (Å²) in [6.45, 7) is 0. The number of aliphatic hydroxyl groups is 1. The first kappa shape index (κ1) is 13.8. The van der Waals surface area contributed by atoms with Crippen LogP contribution in [0.2, 0.25) is 0 Å². The number of aromatic nitrogens is 3. The van der Waals surface area contributed by atoms with Crippen molar-refractivity contribution < 1.29 is 5.11 Å². The first-order chi connectivity index (χ1) is 9.08. The van der Waals surface area contributed by atoms with Gasteiger partial charge in [0.1, 0.15) is 0 Å². The Balaban J connectivity index is 2.08. The van der Waals surface area contributed by atoms with Gasteiger partial charge >= 0.3 is 0 Å². The zero-order chi connectivity index (χ0) is 13.8. The Bertz CT molecular complexity index is 417. The van der Waals surface area contributed by atoms with Crippen LogP contribution in [0.25, 0.3) is 0 Å². The van der Waals surface area contributed by atoms with Crippen LogP contribution in [0.3, 0.4) is 0 Å². The molecule has 1 saturated carbocycles. The van der Waals surface area contributed by atoms with E-state index in [-0.39, 0.29) is 6.10 Å². The minimum absolute atomic E-state index is 0.151. The van der Waals surface area contributed by atoms with Crippen molar-refractivity contribution in [2.24, 2.45) is 0 Å². The predicted octanol–water partition coefficient (Wildman–Crippen LogP) is 0.695. The van der Waals surface area contributed by atoms with Crippen LogP contribution in [0, 0.1) is 0 Å². The second-order valence-electron chi connectivity index (χ2n) is 5.08. The lowest BCUT2D eigenvalue weighted by atomic mass is 9.93. The molecule has 3 N–H and O–H groups in total. The van der Waals surface area contributed by atoms with Gasteiger partial charge in [0, 0.05) is 27.2 Å². The Kier molecular flexibility index (Phi) is 4.36. The predicted molar refractivity (Wildman–Crippen MR) is 75.6 cm³/mol. The van der Waals surface area contributed by atoms with E-state index in [4.69, 9.17) is 0 Å². The van der Waals surface area contributed by atoms with Crippen molar-refractivity contribution in [3.8, 4) is 0 Å². The van der Waals surface area contributed by atoms with Crippen LogP contribution in [-0.2, 0) is 0 Å². The van der Waals surface area contributed by atoms with Crippen molar-refractivity contribution in [1.82, 2.24) is 15.0 Å². The summed E-state index contributed by atoms with van der Waals surface area (Å²) in [4.78, 5) is 14.8. The van der Waals surface area contributed by atoms with Gasteiger partial charge in [0.25, 0.3) is 0 Å². The molecule has 19 heavy (non-hydrogen) atoms. The van der Waals surface area contributed by atoms with Crippen LogP contribution in [-0.4, -0.2) is 53.3 Å². The van der Waals surface area contributed by atoms with Gasteiger partial charge in [-0.1, -0.05) is 0 Å². The second kappa shape index (κ2) is 6.01. The summed E-state index contributed by atoms with van der Waals surface area (Å²) in [5.74, 6) is 1.76. The molecule has 0 radical (unpaired) electrons. The van der Waals surface area contributed by atoms with Crippen LogP contribution < -0.4 is 15.5 Å². The molecule has 7 heteroatoms. The van der Waals surface area contributed by atoms with E-state index in [1.165, 1.54) is 0 Å². The first-order valence-corrected chi connectivity index (χ1v) is 6.64. The second-order valence-corrected chi connectivity index (χ2v) is 5.08. The number of nitrogens with zero attached hydrogens (tertiary/aromatic N) is 4. The highest BCUT2D eigenvalue weighted by Crippen LogP contribution is 2.21. The summed E-state index contributed by atoms with van der Waals surface area (Å²) < 4.78 is 0. The Morgan fingerprint density at radius 1 is 1.05 bits per heavy atom. The SMILES string of the molecule is CNc1nc(NC2CCC(O)CC2)nc(N(C)C)n1. The van der Waals surface area contributed by atoms with Crippen LogP contribution in [0.1, 0.15) is 25.7 Å². The molecule has 1 aliphatic carbocycles. The van der Waals surface area contributed by atoms with Crippen LogP contribution in [0.15, 0.2) is 0 Å². The number of hydrogen-bond acceptors (Lipinski definition) is 7. The normalized spacial score (nSPS) is 22.9. The molecule has 0 saturated heterocycles. The smallest absolute Gasteiger partial charge is 0.231 e. The Morgan fingerprint density at radius 2 is 1.68 bits per heavy atom. The molecule has 106 valence electrons. The van der Waals surface area contributed by atoms with Gasteiger partial charge in [-0.15, -0.1) is 0 Å². The maximum absolute atomic E-state index is 9.51. The maximum atomic E-state index is 9.51. The zero-order valence-corrected chi connectivity index (χ0v) is 11.7. The lowest BCUT2D eigenvalue weighted by Gasteiger charge is -2.26. The lowest BCUT2D eigenvalue weighted by Crippen LogP contribution is -2.29. The molecule has 0 atom stereocenters. The van der Waals surface area contributed by atoms with E-state index in [9.17, 15) is 5.11 Å². The molecule has 2 rings (SSSR count). The third-order valence-corrected chi connectivity index (χ3v) is 3.28. The molecule has 0 bridgehead atoms. The summed E-state index contributed by atoms with van der Waals surface area (Å²) in [6.07, 6.45) is 3.41. The third-order valence-electron chi connectivity index (χ3n) is 3.28. The van der Waals surface area contributed by atoms with Gasteiger partial charge < -0.3 is 20.6 Å². The van der Waals surface area contributed by atoms with Gasteiger partial charge in [-0.2, -0.15) is 15.0 Å². The van der Waals surface area contributed by atoms with Crippen molar-refractivity contribution in [2.45, 2.75) is 37.8 Å². The van der Waals surface area contributed by atoms with Gasteiger partial charge in [-0.3, -0.25) is 0 Å². The standard InChI is InChI=1S/C12H22N6O/c1-13-10-15-11(17-12(16-10)18(2)3)14-8-4-6-9(19)7-5-8/h8-9,19H,4-7H2,1-3H3,(H2,13,14,15,16,17). The lowest BCUT2D eigenvalue weighted by molar-refractivity contribution is 0.126. The van der Waals surface area contributed by atoms with Crippen molar-refractivity contribution in [2.75, 3.05) is 36.7 Å². The van der Waals surface area contributed by atoms with Crippen molar-refractivity contribution >= 4 is 17.8 Å².